The molecule has 1 atom stereocenters. The van der Waals surface area contributed by atoms with Gasteiger partial charge in [0.25, 0.3) is 0 Å². The molecule has 0 aliphatic heterocycles. The van der Waals surface area contributed by atoms with E-state index in [-0.39, 0.29) is 11.9 Å². The molecule has 1 aromatic heterocycles. The predicted octanol–water partition coefficient (Wildman–Crippen LogP) is 3.80. The van der Waals surface area contributed by atoms with Crippen molar-refractivity contribution in [2.24, 2.45) is 7.05 Å². The van der Waals surface area contributed by atoms with Crippen LogP contribution in [0.3, 0.4) is 0 Å². The smallest absolute Gasteiger partial charge is 0.131 e. The number of anilines is 1. The lowest BCUT2D eigenvalue weighted by atomic mass is 10.1. The maximum Gasteiger partial charge on any atom is 0.131 e. The number of hydrogen-bond donors (Lipinski definition) is 0. The normalized spacial score (nSPS) is 12.5. The van der Waals surface area contributed by atoms with Gasteiger partial charge >= 0.3 is 0 Å². The Labute approximate surface area is 124 Å². The molecule has 2 rings (SSSR count). The molecule has 0 aliphatic carbocycles. The zero-order valence-corrected chi connectivity index (χ0v) is 12.9. The van der Waals surface area contributed by atoms with Crippen molar-refractivity contribution in [1.82, 2.24) is 9.78 Å². The third-order valence-electron chi connectivity index (χ3n) is 3.72. The molecule has 0 aliphatic rings. The number of aryl methyl sites for hydroxylation is 2. The van der Waals surface area contributed by atoms with Crippen LogP contribution >= 0.6 is 11.6 Å². The molecule has 5 heteroatoms. The Morgan fingerprint density at radius 2 is 2.05 bits per heavy atom. The van der Waals surface area contributed by atoms with Crippen molar-refractivity contribution < 1.29 is 4.39 Å². The van der Waals surface area contributed by atoms with Crippen LogP contribution in [0.1, 0.15) is 29.8 Å². The van der Waals surface area contributed by atoms with Crippen molar-refractivity contribution in [1.29, 1.82) is 0 Å². The second-order valence-corrected chi connectivity index (χ2v) is 5.22. The van der Waals surface area contributed by atoms with Gasteiger partial charge in [0.15, 0.2) is 0 Å². The molecule has 0 bridgehead atoms. The Kier molecular flexibility index (Phi) is 4.33. The number of nitrogens with zero attached hydrogens (tertiary/aromatic N) is 3. The van der Waals surface area contributed by atoms with Gasteiger partial charge in [0.1, 0.15) is 11.6 Å². The largest absolute Gasteiger partial charge is 0.353 e. The number of hydrogen-bond acceptors (Lipinski definition) is 2. The molecule has 1 aromatic carbocycles. The van der Waals surface area contributed by atoms with E-state index in [4.69, 9.17) is 11.6 Å². The van der Waals surface area contributed by atoms with E-state index >= 15 is 0 Å². The molecule has 20 heavy (non-hydrogen) atoms. The second kappa shape index (κ2) is 5.83. The third kappa shape index (κ3) is 2.52. The monoisotopic (exact) mass is 295 g/mol. The van der Waals surface area contributed by atoms with Crippen molar-refractivity contribution in [3.63, 3.8) is 0 Å². The molecule has 0 spiro atoms. The zero-order valence-electron chi connectivity index (χ0n) is 12.2. The lowest BCUT2D eigenvalue weighted by molar-refractivity contribution is 0.579. The highest BCUT2D eigenvalue weighted by atomic mass is 35.5. The van der Waals surface area contributed by atoms with Crippen LogP contribution in [0, 0.1) is 12.7 Å². The van der Waals surface area contributed by atoms with Gasteiger partial charge in [-0.2, -0.15) is 5.10 Å². The molecule has 0 saturated carbocycles. The van der Waals surface area contributed by atoms with Gasteiger partial charge < -0.3 is 4.90 Å². The fraction of sp³-hybridized carbons (Fsp3) is 0.400. The molecule has 2 aromatic rings. The summed E-state index contributed by atoms with van der Waals surface area (Å²) in [6.07, 6.45) is 0. The summed E-state index contributed by atoms with van der Waals surface area (Å²) in [7, 11) is 3.81. The van der Waals surface area contributed by atoms with Gasteiger partial charge in [-0.25, -0.2) is 4.39 Å². The first kappa shape index (κ1) is 14.9. The topological polar surface area (TPSA) is 21.1 Å². The summed E-state index contributed by atoms with van der Waals surface area (Å²) in [5.74, 6) is 1.12. The maximum atomic E-state index is 13.9. The number of halogens is 2. The highest BCUT2D eigenvalue weighted by Crippen LogP contribution is 2.31. The average Bonchev–Trinajstić information content (AvgIpc) is 2.71. The van der Waals surface area contributed by atoms with Gasteiger partial charge in [-0.05, 0) is 19.9 Å². The molecular formula is C15H19ClFN3. The predicted molar refractivity (Wildman–Crippen MR) is 80.7 cm³/mol. The average molecular weight is 296 g/mol. The summed E-state index contributed by atoms with van der Waals surface area (Å²) in [6.45, 7) is 3.90. The zero-order chi connectivity index (χ0) is 14.9. The highest BCUT2D eigenvalue weighted by Gasteiger charge is 2.22. The molecule has 108 valence electrons. The lowest BCUT2D eigenvalue weighted by Gasteiger charge is -2.28. The molecule has 0 amide bonds. The number of aromatic nitrogens is 2. The second-order valence-electron chi connectivity index (χ2n) is 4.95. The molecule has 1 unspecified atom stereocenters. The Bertz CT molecular complexity index is 609. The summed E-state index contributed by atoms with van der Waals surface area (Å²) in [6, 6.07) is 6.73. The van der Waals surface area contributed by atoms with Crippen LogP contribution in [-0.4, -0.2) is 16.8 Å². The van der Waals surface area contributed by atoms with Crippen LogP contribution in [0.2, 0.25) is 0 Å². The van der Waals surface area contributed by atoms with E-state index in [2.05, 4.69) is 5.10 Å². The molecular weight excluding hydrogens is 277 g/mol. The quantitative estimate of drug-likeness (QED) is 0.800. The molecule has 3 nitrogen and oxygen atoms in total. The van der Waals surface area contributed by atoms with Crippen molar-refractivity contribution in [3.8, 4) is 0 Å². The summed E-state index contributed by atoms with van der Waals surface area (Å²) < 4.78 is 15.7. The van der Waals surface area contributed by atoms with Gasteiger partial charge in [-0.3, -0.25) is 4.68 Å². The molecule has 0 saturated heterocycles. The van der Waals surface area contributed by atoms with Crippen molar-refractivity contribution >= 4 is 17.4 Å². The Morgan fingerprint density at radius 1 is 1.40 bits per heavy atom. The maximum absolute atomic E-state index is 13.9. The van der Waals surface area contributed by atoms with Gasteiger partial charge in [0, 0.05) is 25.2 Å². The summed E-state index contributed by atoms with van der Waals surface area (Å²) >= 11 is 6.02. The van der Waals surface area contributed by atoms with Crippen LogP contribution in [0.15, 0.2) is 24.3 Å². The minimum Gasteiger partial charge on any atom is -0.353 e. The van der Waals surface area contributed by atoms with Crippen LogP contribution in [-0.2, 0) is 12.9 Å². The Hall–Kier alpha value is -1.55. The Morgan fingerprint density at radius 3 is 2.65 bits per heavy atom. The lowest BCUT2D eigenvalue weighted by Crippen LogP contribution is -2.25. The van der Waals surface area contributed by atoms with E-state index in [0.717, 1.165) is 17.1 Å². The standard InChI is InChI=1S/C15H19ClFN3/c1-10-13(9-16)15(20(4)18-10)19(3)11(2)12-7-5-6-8-14(12)17/h5-8,11H,9H2,1-4H3. The van der Waals surface area contributed by atoms with E-state index in [9.17, 15) is 4.39 Å². The minimum absolute atomic E-state index is 0.104. The van der Waals surface area contributed by atoms with E-state index in [1.807, 2.05) is 38.9 Å². The highest BCUT2D eigenvalue weighted by molar-refractivity contribution is 6.17. The number of benzene rings is 1. The first-order valence-electron chi connectivity index (χ1n) is 6.53. The van der Waals surface area contributed by atoms with Gasteiger partial charge in [-0.15, -0.1) is 11.6 Å². The molecule has 0 fully saturated rings. The van der Waals surface area contributed by atoms with Crippen LogP contribution < -0.4 is 4.90 Å². The summed E-state index contributed by atoms with van der Waals surface area (Å²) in [4.78, 5) is 2.01. The van der Waals surface area contributed by atoms with Crippen molar-refractivity contribution in [3.05, 3.63) is 46.9 Å². The van der Waals surface area contributed by atoms with E-state index < -0.39 is 0 Å². The van der Waals surface area contributed by atoms with Gasteiger partial charge in [0.05, 0.1) is 17.6 Å². The number of rotatable bonds is 4. The minimum atomic E-state index is -0.196. The number of alkyl halides is 1. The summed E-state index contributed by atoms with van der Waals surface area (Å²) in [5, 5.41) is 4.40. The van der Waals surface area contributed by atoms with Crippen molar-refractivity contribution in [2.45, 2.75) is 25.8 Å². The van der Waals surface area contributed by atoms with Crippen molar-refractivity contribution in [2.75, 3.05) is 11.9 Å². The first-order valence-corrected chi connectivity index (χ1v) is 7.06. The fourth-order valence-corrected chi connectivity index (χ4v) is 2.81. The fourth-order valence-electron chi connectivity index (χ4n) is 2.49. The third-order valence-corrected chi connectivity index (χ3v) is 3.98. The van der Waals surface area contributed by atoms with Gasteiger partial charge in [-0.1, -0.05) is 18.2 Å². The van der Waals surface area contributed by atoms with E-state index in [1.165, 1.54) is 6.07 Å². The van der Waals surface area contributed by atoms with Gasteiger partial charge in [0.2, 0.25) is 0 Å². The summed E-state index contributed by atoms with van der Waals surface area (Å²) in [5.41, 5.74) is 2.55. The molecule has 0 N–H and O–H groups in total. The molecule has 0 radical (unpaired) electrons. The Balaban J connectivity index is 2.41. The van der Waals surface area contributed by atoms with Crippen LogP contribution in [0.4, 0.5) is 10.2 Å². The van der Waals surface area contributed by atoms with Crippen LogP contribution in [0.5, 0.6) is 0 Å². The SMILES string of the molecule is Cc1nn(C)c(N(C)C(C)c2ccccc2F)c1CCl. The van der Waals surface area contributed by atoms with E-state index in [0.29, 0.717) is 11.4 Å². The molecule has 1 heterocycles. The van der Waals surface area contributed by atoms with E-state index in [1.54, 1.807) is 16.8 Å². The first-order chi connectivity index (χ1) is 9.47. The van der Waals surface area contributed by atoms with Crippen LogP contribution in [0.25, 0.3) is 0 Å².